The summed E-state index contributed by atoms with van der Waals surface area (Å²) in [6, 6.07) is 25.2. The van der Waals surface area contributed by atoms with Crippen LogP contribution in [0.1, 0.15) is 17.7 Å². The fourth-order valence-electron chi connectivity index (χ4n) is 3.18. The van der Waals surface area contributed by atoms with Crippen LogP contribution in [0, 0.1) is 0 Å². The highest BCUT2D eigenvalue weighted by Gasteiger charge is 2.15. The molecule has 0 atom stereocenters. The first-order valence-corrected chi connectivity index (χ1v) is 10.5. The number of carbonyl (C=O) groups excluding carboxylic acids is 1. The number of nitrogens with one attached hydrogen (secondary N) is 1. The lowest BCUT2D eigenvalue weighted by molar-refractivity contribution is -0.116. The summed E-state index contributed by atoms with van der Waals surface area (Å²) >= 11 is 1.47. The lowest BCUT2D eigenvalue weighted by Gasteiger charge is -2.04. The number of aromatic nitrogens is 2. The van der Waals surface area contributed by atoms with Crippen molar-refractivity contribution in [1.82, 2.24) is 9.55 Å². The highest BCUT2D eigenvalue weighted by molar-refractivity contribution is 7.19. The van der Waals surface area contributed by atoms with Crippen molar-refractivity contribution in [3.05, 3.63) is 107 Å². The smallest absolute Gasteiger partial charge is 0.250 e. The Kier molecular flexibility index (Phi) is 6.15. The van der Waals surface area contributed by atoms with Gasteiger partial charge in [-0.15, -0.1) is 0 Å². The maximum absolute atomic E-state index is 12.5. The van der Waals surface area contributed by atoms with Crippen LogP contribution in [-0.2, 0) is 17.8 Å². The summed E-state index contributed by atoms with van der Waals surface area (Å²) in [6.07, 6.45) is 2.58. The number of aryl methyl sites for hydroxylation is 1. The van der Waals surface area contributed by atoms with Gasteiger partial charge in [0.25, 0.3) is 5.56 Å². The van der Waals surface area contributed by atoms with E-state index in [0.717, 1.165) is 16.1 Å². The summed E-state index contributed by atoms with van der Waals surface area (Å²) in [4.78, 5) is 30.0. The maximum Gasteiger partial charge on any atom is 0.250 e. The molecule has 5 nitrogen and oxygen atoms in total. The van der Waals surface area contributed by atoms with Gasteiger partial charge in [0.2, 0.25) is 5.91 Å². The summed E-state index contributed by atoms with van der Waals surface area (Å²) in [6.45, 7) is 0.333. The number of hydrogen-bond donors (Lipinski definition) is 1. The number of rotatable bonds is 7. The lowest BCUT2D eigenvalue weighted by atomic mass is 10.1. The van der Waals surface area contributed by atoms with Gasteiger partial charge in [-0.05, 0) is 17.2 Å². The number of hydrogen-bond acceptors (Lipinski definition) is 4. The predicted molar refractivity (Wildman–Crippen MR) is 121 cm³/mol. The van der Waals surface area contributed by atoms with Crippen LogP contribution in [0.4, 0.5) is 5.13 Å². The number of anilines is 1. The molecular formula is C24H21N3O2S. The van der Waals surface area contributed by atoms with Gasteiger partial charge in [-0.25, -0.2) is 4.98 Å². The number of amides is 1. The molecule has 0 saturated heterocycles. The molecule has 0 unspecified atom stereocenters. The largest absolute Gasteiger partial charge is 0.315 e. The first-order valence-electron chi connectivity index (χ1n) is 9.73. The minimum absolute atomic E-state index is 0.115. The van der Waals surface area contributed by atoms with Crippen LogP contribution < -0.4 is 10.9 Å². The van der Waals surface area contributed by atoms with Crippen LogP contribution in [0.3, 0.4) is 0 Å². The van der Waals surface area contributed by atoms with Gasteiger partial charge < -0.3 is 9.88 Å². The normalized spacial score (nSPS) is 10.7. The summed E-state index contributed by atoms with van der Waals surface area (Å²) in [5, 5.41) is 3.48. The monoisotopic (exact) mass is 415 g/mol. The molecular weight excluding hydrogens is 394 g/mol. The Morgan fingerprint density at radius 3 is 2.37 bits per heavy atom. The summed E-state index contributed by atoms with van der Waals surface area (Å²) < 4.78 is 1.53. The molecule has 4 rings (SSSR count). The fraction of sp³-hybridized carbons (Fsp3) is 0.125. The number of benzene rings is 2. The van der Waals surface area contributed by atoms with E-state index < -0.39 is 0 Å². The van der Waals surface area contributed by atoms with E-state index in [2.05, 4.69) is 29.6 Å². The molecule has 4 aromatic rings. The van der Waals surface area contributed by atoms with E-state index in [4.69, 9.17) is 4.98 Å². The second-order valence-corrected chi connectivity index (χ2v) is 7.85. The molecule has 0 bridgehead atoms. The van der Waals surface area contributed by atoms with Crippen molar-refractivity contribution in [2.24, 2.45) is 0 Å². The molecule has 2 heterocycles. The van der Waals surface area contributed by atoms with Crippen LogP contribution in [0.2, 0.25) is 0 Å². The SMILES string of the molecule is O=C(CCn1ccccc1=O)Nc1nc(Cc2ccccc2)c(-c2ccccc2)s1. The second-order valence-electron chi connectivity index (χ2n) is 6.85. The lowest BCUT2D eigenvalue weighted by Crippen LogP contribution is -2.21. The van der Waals surface area contributed by atoms with Gasteiger partial charge in [-0.2, -0.15) is 0 Å². The molecule has 1 N–H and O–H groups in total. The molecule has 0 fully saturated rings. The standard InChI is InChI=1S/C24H21N3O2S/c28-21(14-16-27-15-8-7-13-22(27)29)26-24-25-20(17-18-9-3-1-4-10-18)23(30-24)19-11-5-2-6-12-19/h1-13,15H,14,16-17H2,(H,25,26,28). The molecule has 0 aliphatic heterocycles. The zero-order valence-corrected chi connectivity index (χ0v) is 17.1. The van der Waals surface area contributed by atoms with Gasteiger partial charge in [0, 0.05) is 31.6 Å². The van der Waals surface area contributed by atoms with Crippen LogP contribution in [-0.4, -0.2) is 15.5 Å². The topological polar surface area (TPSA) is 64.0 Å². The first kappa shape index (κ1) is 19.8. The Morgan fingerprint density at radius 1 is 0.933 bits per heavy atom. The molecule has 0 spiro atoms. The molecule has 1 amide bonds. The Hall–Kier alpha value is -3.51. The summed E-state index contributed by atoms with van der Waals surface area (Å²) in [5.41, 5.74) is 3.07. The Bertz CT molecular complexity index is 1180. The Morgan fingerprint density at radius 2 is 1.63 bits per heavy atom. The predicted octanol–water partition coefficient (Wildman–Crippen LogP) is 4.59. The van der Waals surface area contributed by atoms with Crippen LogP contribution >= 0.6 is 11.3 Å². The van der Waals surface area contributed by atoms with Crippen molar-refractivity contribution >= 4 is 22.4 Å². The molecule has 0 aliphatic rings. The minimum Gasteiger partial charge on any atom is -0.315 e. The van der Waals surface area contributed by atoms with Crippen molar-refractivity contribution in [3.63, 3.8) is 0 Å². The van der Waals surface area contributed by atoms with E-state index in [-0.39, 0.29) is 17.9 Å². The second kappa shape index (κ2) is 9.33. The van der Waals surface area contributed by atoms with Gasteiger partial charge in [0.05, 0.1) is 10.6 Å². The summed E-state index contributed by atoms with van der Waals surface area (Å²) in [7, 11) is 0. The van der Waals surface area contributed by atoms with E-state index in [0.29, 0.717) is 18.1 Å². The average Bonchev–Trinajstić information content (AvgIpc) is 3.16. The minimum atomic E-state index is -0.162. The molecule has 0 aliphatic carbocycles. The van der Waals surface area contributed by atoms with Crippen molar-refractivity contribution in [3.8, 4) is 10.4 Å². The zero-order valence-electron chi connectivity index (χ0n) is 16.3. The van der Waals surface area contributed by atoms with Crippen molar-refractivity contribution in [1.29, 1.82) is 0 Å². The Balaban J connectivity index is 1.52. The zero-order chi connectivity index (χ0) is 20.8. The quantitative estimate of drug-likeness (QED) is 0.480. The molecule has 0 saturated carbocycles. The van der Waals surface area contributed by atoms with Crippen LogP contribution in [0.5, 0.6) is 0 Å². The summed E-state index contributed by atoms with van der Waals surface area (Å²) in [5.74, 6) is -0.162. The van der Waals surface area contributed by atoms with Crippen molar-refractivity contribution in [2.45, 2.75) is 19.4 Å². The van der Waals surface area contributed by atoms with Gasteiger partial charge >= 0.3 is 0 Å². The van der Waals surface area contributed by atoms with Crippen LogP contribution in [0.15, 0.2) is 89.9 Å². The third-order valence-corrected chi connectivity index (χ3v) is 5.73. The van der Waals surface area contributed by atoms with Crippen LogP contribution in [0.25, 0.3) is 10.4 Å². The Labute approximate surface area is 178 Å². The van der Waals surface area contributed by atoms with Gasteiger partial charge in [0.1, 0.15) is 0 Å². The third-order valence-electron chi connectivity index (χ3n) is 4.67. The van der Waals surface area contributed by atoms with Crippen molar-refractivity contribution < 1.29 is 4.79 Å². The van der Waals surface area contributed by atoms with Crippen molar-refractivity contribution in [2.75, 3.05) is 5.32 Å². The van der Waals surface area contributed by atoms with Gasteiger partial charge in [-0.1, -0.05) is 78.1 Å². The molecule has 2 aromatic heterocycles. The molecule has 0 radical (unpaired) electrons. The van der Waals surface area contributed by atoms with E-state index in [1.165, 1.54) is 27.5 Å². The van der Waals surface area contributed by atoms with E-state index >= 15 is 0 Å². The highest BCUT2D eigenvalue weighted by atomic mass is 32.1. The number of pyridine rings is 1. The third kappa shape index (κ3) is 4.90. The average molecular weight is 416 g/mol. The van der Waals surface area contributed by atoms with Gasteiger partial charge in [0.15, 0.2) is 5.13 Å². The van der Waals surface area contributed by atoms with E-state index in [1.807, 2.05) is 36.4 Å². The van der Waals surface area contributed by atoms with Gasteiger partial charge in [-0.3, -0.25) is 9.59 Å². The molecule has 2 aromatic carbocycles. The maximum atomic E-state index is 12.5. The highest BCUT2D eigenvalue weighted by Crippen LogP contribution is 2.34. The molecule has 6 heteroatoms. The molecule has 30 heavy (non-hydrogen) atoms. The van der Waals surface area contributed by atoms with E-state index in [1.54, 1.807) is 18.3 Å². The number of thiazole rings is 1. The first-order chi connectivity index (χ1) is 14.7. The molecule has 150 valence electrons. The van der Waals surface area contributed by atoms with E-state index in [9.17, 15) is 9.59 Å². The number of nitrogens with zero attached hydrogens (tertiary/aromatic N) is 2. The fourth-order valence-corrected chi connectivity index (χ4v) is 4.18. The number of carbonyl (C=O) groups is 1.